The molecule has 5 heteroatoms. The fourth-order valence-electron chi connectivity index (χ4n) is 2.20. The monoisotopic (exact) mass is 322 g/mol. The van der Waals surface area contributed by atoms with Crippen LogP contribution < -0.4 is 5.32 Å². The molecule has 0 saturated carbocycles. The number of thiazole rings is 1. The lowest BCUT2D eigenvalue weighted by Gasteiger charge is -2.08. The van der Waals surface area contributed by atoms with Gasteiger partial charge in [0, 0.05) is 22.2 Å². The van der Waals surface area contributed by atoms with Gasteiger partial charge in [0.1, 0.15) is 0 Å². The van der Waals surface area contributed by atoms with Gasteiger partial charge >= 0.3 is 0 Å². The minimum Gasteiger partial charge on any atom is -0.298 e. The molecule has 2 aromatic carbocycles. The van der Waals surface area contributed by atoms with E-state index in [4.69, 9.17) is 0 Å². The van der Waals surface area contributed by atoms with Crippen molar-refractivity contribution in [1.82, 2.24) is 4.98 Å². The van der Waals surface area contributed by atoms with E-state index in [1.807, 2.05) is 13.0 Å². The third-order valence-corrected chi connectivity index (χ3v) is 4.12. The molecule has 0 bridgehead atoms. The van der Waals surface area contributed by atoms with Crippen LogP contribution >= 0.6 is 11.3 Å². The first-order valence-corrected chi connectivity index (χ1v) is 7.89. The standard InChI is InChI=1S/C18H14N2O2S/c1-12-11-19-18(23-12)20-17(22)15-10-6-5-9-14(15)16(21)13-7-3-2-4-8-13/h2-11H,1H3,(H,19,20,22). The molecular weight excluding hydrogens is 308 g/mol. The lowest BCUT2D eigenvalue weighted by atomic mass is 9.98. The summed E-state index contributed by atoms with van der Waals surface area (Å²) < 4.78 is 0. The van der Waals surface area contributed by atoms with Crippen LogP contribution in [0.25, 0.3) is 0 Å². The largest absolute Gasteiger partial charge is 0.298 e. The lowest BCUT2D eigenvalue weighted by molar-refractivity contribution is 0.0996. The van der Waals surface area contributed by atoms with Crippen molar-refractivity contribution in [2.45, 2.75) is 6.92 Å². The molecule has 0 radical (unpaired) electrons. The summed E-state index contributed by atoms with van der Waals surface area (Å²) >= 11 is 1.39. The number of aryl methyl sites for hydroxylation is 1. The number of aromatic nitrogens is 1. The Morgan fingerprint density at radius 2 is 1.61 bits per heavy atom. The predicted octanol–water partition coefficient (Wildman–Crippen LogP) is 3.93. The van der Waals surface area contributed by atoms with Crippen molar-refractivity contribution < 1.29 is 9.59 Å². The number of nitrogens with zero attached hydrogens (tertiary/aromatic N) is 1. The average Bonchev–Trinajstić information content (AvgIpc) is 3.00. The van der Waals surface area contributed by atoms with Gasteiger partial charge in [-0.15, -0.1) is 11.3 Å². The quantitative estimate of drug-likeness (QED) is 0.740. The molecule has 0 saturated heterocycles. The number of carbonyl (C=O) groups excluding carboxylic acids is 2. The molecule has 0 aliphatic heterocycles. The highest BCUT2D eigenvalue weighted by atomic mass is 32.1. The second-order valence-corrected chi connectivity index (χ2v) is 6.21. The number of carbonyl (C=O) groups is 2. The van der Waals surface area contributed by atoms with Crippen molar-refractivity contribution in [3.8, 4) is 0 Å². The predicted molar refractivity (Wildman–Crippen MR) is 91.1 cm³/mol. The van der Waals surface area contributed by atoms with Crippen LogP contribution in [0, 0.1) is 6.92 Å². The van der Waals surface area contributed by atoms with Gasteiger partial charge in [0.15, 0.2) is 10.9 Å². The van der Waals surface area contributed by atoms with Crippen LogP contribution in [0.3, 0.4) is 0 Å². The highest BCUT2D eigenvalue weighted by Gasteiger charge is 2.18. The summed E-state index contributed by atoms with van der Waals surface area (Å²) in [7, 11) is 0. The third kappa shape index (κ3) is 3.35. The maximum atomic E-state index is 12.6. The summed E-state index contributed by atoms with van der Waals surface area (Å²) in [6, 6.07) is 15.7. The topological polar surface area (TPSA) is 59.1 Å². The lowest BCUT2D eigenvalue weighted by Crippen LogP contribution is -2.16. The van der Waals surface area contributed by atoms with E-state index in [-0.39, 0.29) is 11.7 Å². The van der Waals surface area contributed by atoms with Crippen LogP contribution in [0.1, 0.15) is 31.2 Å². The summed E-state index contributed by atoms with van der Waals surface area (Å²) in [5, 5.41) is 3.26. The van der Waals surface area contributed by atoms with Crippen LogP contribution in [-0.2, 0) is 0 Å². The molecule has 4 nitrogen and oxygen atoms in total. The first kappa shape index (κ1) is 15.1. The molecule has 3 aromatic rings. The highest BCUT2D eigenvalue weighted by Crippen LogP contribution is 2.20. The number of hydrogen-bond donors (Lipinski definition) is 1. The Balaban J connectivity index is 1.91. The first-order valence-electron chi connectivity index (χ1n) is 7.08. The Bertz CT molecular complexity index is 856. The summed E-state index contributed by atoms with van der Waals surface area (Å²) in [4.78, 5) is 30.2. The molecule has 1 heterocycles. The summed E-state index contributed by atoms with van der Waals surface area (Å²) in [6.07, 6.45) is 1.70. The SMILES string of the molecule is Cc1cnc(NC(=O)c2ccccc2C(=O)c2ccccc2)s1. The van der Waals surface area contributed by atoms with Gasteiger partial charge in [0.2, 0.25) is 0 Å². The second kappa shape index (κ2) is 6.54. The zero-order chi connectivity index (χ0) is 16.2. The van der Waals surface area contributed by atoms with Gasteiger partial charge in [-0.2, -0.15) is 0 Å². The van der Waals surface area contributed by atoms with Crippen LogP contribution in [0.2, 0.25) is 0 Å². The fourth-order valence-corrected chi connectivity index (χ4v) is 2.86. The van der Waals surface area contributed by atoms with Crippen LogP contribution in [-0.4, -0.2) is 16.7 Å². The van der Waals surface area contributed by atoms with Gasteiger partial charge in [-0.1, -0.05) is 48.5 Å². The van der Waals surface area contributed by atoms with E-state index in [0.29, 0.717) is 21.8 Å². The number of nitrogens with one attached hydrogen (secondary N) is 1. The van der Waals surface area contributed by atoms with Crippen molar-refractivity contribution >= 4 is 28.2 Å². The Morgan fingerprint density at radius 3 is 2.26 bits per heavy atom. The number of amides is 1. The summed E-state index contributed by atoms with van der Waals surface area (Å²) in [5.74, 6) is -0.508. The van der Waals surface area contributed by atoms with Crippen LogP contribution in [0.5, 0.6) is 0 Å². The van der Waals surface area contributed by atoms with Crippen molar-refractivity contribution in [2.24, 2.45) is 0 Å². The van der Waals surface area contributed by atoms with Crippen molar-refractivity contribution in [3.05, 3.63) is 82.4 Å². The van der Waals surface area contributed by atoms with E-state index in [1.54, 1.807) is 54.7 Å². The van der Waals surface area contributed by atoms with Crippen molar-refractivity contribution in [1.29, 1.82) is 0 Å². The molecule has 0 unspecified atom stereocenters. The summed E-state index contributed by atoms with van der Waals surface area (Å²) in [6.45, 7) is 1.92. The van der Waals surface area contributed by atoms with Gasteiger partial charge in [0.05, 0.1) is 5.56 Å². The molecule has 1 aromatic heterocycles. The average molecular weight is 322 g/mol. The second-order valence-electron chi connectivity index (χ2n) is 4.97. The molecule has 0 spiro atoms. The molecule has 1 amide bonds. The number of hydrogen-bond acceptors (Lipinski definition) is 4. The van der Waals surface area contributed by atoms with E-state index in [9.17, 15) is 9.59 Å². The molecule has 0 aliphatic rings. The molecule has 0 aliphatic carbocycles. The minimum absolute atomic E-state index is 0.174. The third-order valence-electron chi connectivity index (χ3n) is 3.29. The van der Waals surface area contributed by atoms with Crippen LogP contribution in [0.15, 0.2) is 60.8 Å². The van der Waals surface area contributed by atoms with Gasteiger partial charge < -0.3 is 0 Å². The van der Waals surface area contributed by atoms with Crippen molar-refractivity contribution in [2.75, 3.05) is 5.32 Å². The number of ketones is 1. The minimum atomic E-state index is -0.334. The van der Waals surface area contributed by atoms with Gasteiger partial charge in [0.25, 0.3) is 5.91 Å². The number of rotatable bonds is 4. The van der Waals surface area contributed by atoms with E-state index in [2.05, 4.69) is 10.3 Å². The van der Waals surface area contributed by atoms with E-state index >= 15 is 0 Å². The van der Waals surface area contributed by atoms with Crippen LogP contribution in [0.4, 0.5) is 5.13 Å². The van der Waals surface area contributed by atoms with Gasteiger partial charge in [-0.05, 0) is 13.0 Å². The first-order chi connectivity index (χ1) is 11.1. The molecule has 0 fully saturated rings. The van der Waals surface area contributed by atoms with E-state index in [1.165, 1.54) is 11.3 Å². The zero-order valence-electron chi connectivity index (χ0n) is 12.4. The van der Waals surface area contributed by atoms with Gasteiger partial charge in [-0.3, -0.25) is 14.9 Å². The maximum absolute atomic E-state index is 12.6. The molecular formula is C18H14N2O2S. The Hall–Kier alpha value is -2.79. The summed E-state index contributed by atoms with van der Waals surface area (Å²) in [5.41, 5.74) is 1.27. The number of anilines is 1. The molecule has 1 N–H and O–H groups in total. The zero-order valence-corrected chi connectivity index (χ0v) is 13.3. The smallest absolute Gasteiger partial charge is 0.258 e. The Kier molecular flexibility index (Phi) is 4.30. The molecule has 23 heavy (non-hydrogen) atoms. The number of benzene rings is 2. The van der Waals surface area contributed by atoms with Gasteiger partial charge in [-0.25, -0.2) is 4.98 Å². The maximum Gasteiger partial charge on any atom is 0.258 e. The van der Waals surface area contributed by atoms with E-state index < -0.39 is 0 Å². The molecule has 3 rings (SSSR count). The normalized spacial score (nSPS) is 10.3. The van der Waals surface area contributed by atoms with Crippen molar-refractivity contribution in [3.63, 3.8) is 0 Å². The fraction of sp³-hybridized carbons (Fsp3) is 0.0556. The highest BCUT2D eigenvalue weighted by molar-refractivity contribution is 7.15. The molecule has 0 atom stereocenters. The Morgan fingerprint density at radius 1 is 0.957 bits per heavy atom. The van der Waals surface area contributed by atoms with E-state index in [0.717, 1.165) is 4.88 Å². The Labute approximate surface area is 137 Å². The molecule has 114 valence electrons.